The van der Waals surface area contributed by atoms with Crippen LogP contribution in [0.4, 0.5) is 0 Å². The number of aliphatic imine (C=N–C) groups is 1. The second-order valence-electron chi connectivity index (χ2n) is 7.78. The first-order chi connectivity index (χ1) is 12.9. The van der Waals surface area contributed by atoms with Gasteiger partial charge in [-0.15, -0.1) is 0 Å². The van der Waals surface area contributed by atoms with Gasteiger partial charge in [0, 0.05) is 31.7 Å². The highest BCUT2D eigenvalue weighted by atomic mass is 16.5. The number of nitrogens with one attached hydrogen (secondary N) is 2. The van der Waals surface area contributed by atoms with E-state index in [1.807, 2.05) is 38.1 Å². The molecule has 0 aromatic heterocycles. The molecule has 1 aliphatic rings. The van der Waals surface area contributed by atoms with E-state index in [4.69, 9.17) is 4.74 Å². The highest BCUT2D eigenvalue weighted by Gasteiger charge is 2.31. The highest BCUT2D eigenvalue weighted by Crippen LogP contribution is 2.18. The van der Waals surface area contributed by atoms with Crippen molar-refractivity contribution in [3.8, 4) is 5.75 Å². The van der Waals surface area contributed by atoms with Crippen LogP contribution in [0.3, 0.4) is 0 Å². The van der Waals surface area contributed by atoms with Gasteiger partial charge in [0.25, 0.3) is 0 Å². The van der Waals surface area contributed by atoms with E-state index in [1.54, 1.807) is 0 Å². The number of aryl methyl sites for hydroxylation is 1. The molecule has 0 radical (unpaired) electrons. The van der Waals surface area contributed by atoms with Crippen molar-refractivity contribution in [2.45, 2.75) is 52.8 Å². The van der Waals surface area contributed by atoms with Crippen LogP contribution in [-0.2, 0) is 0 Å². The quantitative estimate of drug-likeness (QED) is 0.478. The van der Waals surface area contributed by atoms with Crippen LogP contribution in [0.1, 0.15) is 33.3 Å². The van der Waals surface area contributed by atoms with Gasteiger partial charge in [-0.05, 0) is 51.3 Å². The Hall–Kier alpha value is -1.79. The fourth-order valence-electron chi connectivity index (χ4n) is 3.26. The Morgan fingerprint density at radius 2 is 2.15 bits per heavy atom. The molecule has 2 rings (SSSR count). The SMILES string of the molecule is CCNC(=NCC(O)COc1cccc(C)c1)NC1CN(C(C)C)CC1C. The number of rotatable bonds is 8. The fraction of sp³-hybridized carbons (Fsp3) is 0.667. The first-order valence-corrected chi connectivity index (χ1v) is 10.1. The van der Waals surface area contributed by atoms with Gasteiger partial charge in [0.1, 0.15) is 18.5 Å². The summed E-state index contributed by atoms with van der Waals surface area (Å²) < 4.78 is 5.67. The minimum Gasteiger partial charge on any atom is -0.491 e. The molecule has 1 heterocycles. The summed E-state index contributed by atoms with van der Waals surface area (Å²) in [6.45, 7) is 14.2. The van der Waals surface area contributed by atoms with Crippen molar-refractivity contribution in [3.05, 3.63) is 29.8 Å². The van der Waals surface area contributed by atoms with Crippen LogP contribution in [-0.4, -0.2) is 66.9 Å². The molecule has 0 aliphatic carbocycles. The molecular weight excluding hydrogens is 340 g/mol. The number of benzene rings is 1. The van der Waals surface area contributed by atoms with Gasteiger partial charge in [0.2, 0.25) is 0 Å². The van der Waals surface area contributed by atoms with Gasteiger partial charge >= 0.3 is 0 Å². The highest BCUT2D eigenvalue weighted by molar-refractivity contribution is 5.80. The Morgan fingerprint density at radius 3 is 2.78 bits per heavy atom. The lowest BCUT2D eigenvalue weighted by atomic mass is 10.1. The summed E-state index contributed by atoms with van der Waals surface area (Å²) in [6, 6.07) is 8.75. The van der Waals surface area contributed by atoms with Crippen molar-refractivity contribution >= 4 is 5.96 Å². The molecule has 1 fully saturated rings. The molecule has 1 aliphatic heterocycles. The summed E-state index contributed by atoms with van der Waals surface area (Å²) in [5.41, 5.74) is 1.14. The summed E-state index contributed by atoms with van der Waals surface area (Å²) in [5.74, 6) is 2.09. The van der Waals surface area contributed by atoms with Gasteiger partial charge in [-0.3, -0.25) is 9.89 Å². The maximum absolute atomic E-state index is 10.2. The third kappa shape index (κ3) is 7.03. The maximum Gasteiger partial charge on any atom is 0.191 e. The molecule has 6 nitrogen and oxygen atoms in total. The Labute approximate surface area is 164 Å². The van der Waals surface area contributed by atoms with Crippen molar-refractivity contribution < 1.29 is 9.84 Å². The number of guanidine groups is 1. The number of ether oxygens (including phenoxy) is 1. The summed E-state index contributed by atoms with van der Waals surface area (Å²) in [7, 11) is 0. The van der Waals surface area contributed by atoms with Crippen LogP contribution in [0.25, 0.3) is 0 Å². The topological polar surface area (TPSA) is 69.1 Å². The molecule has 1 aromatic carbocycles. The predicted octanol–water partition coefficient (Wildman–Crippen LogP) is 2.02. The average Bonchev–Trinajstić information content (AvgIpc) is 2.99. The van der Waals surface area contributed by atoms with Gasteiger partial charge in [0.05, 0.1) is 6.54 Å². The largest absolute Gasteiger partial charge is 0.491 e. The molecule has 152 valence electrons. The Kier molecular flexibility index (Phi) is 8.38. The van der Waals surface area contributed by atoms with Crippen molar-refractivity contribution in [1.82, 2.24) is 15.5 Å². The number of hydrogen-bond donors (Lipinski definition) is 3. The average molecular weight is 377 g/mol. The summed E-state index contributed by atoms with van der Waals surface area (Å²) in [6.07, 6.45) is -0.644. The zero-order valence-corrected chi connectivity index (χ0v) is 17.4. The van der Waals surface area contributed by atoms with E-state index in [2.05, 4.69) is 41.3 Å². The molecule has 0 amide bonds. The van der Waals surface area contributed by atoms with Gasteiger partial charge in [-0.2, -0.15) is 0 Å². The second-order valence-corrected chi connectivity index (χ2v) is 7.78. The molecular formula is C21H36N4O2. The molecule has 6 heteroatoms. The third-order valence-corrected chi connectivity index (χ3v) is 4.93. The van der Waals surface area contributed by atoms with E-state index < -0.39 is 6.10 Å². The van der Waals surface area contributed by atoms with E-state index >= 15 is 0 Å². The predicted molar refractivity (Wildman–Crippen MR) is 111 cm³/mol. The lowest BCUT2D eigenvalue weighted by Gasteiger charge is -2.22. The van der Waals surface area contributed by atoms with Gasteiger partial charge in [0.15, 0.2) is 5.96 Å². The maximum atomic E-state index is 10.2. The van der Waals surface area contributed by atoms with Crippen LogP contribution >= 0.6 is 0 Å². The van der Waals surface area contributed by atoms with Crippen molar-refractivity contribution in [1.29, 1.82) is 0 Å². The Morgan fingerprint density at radius 1 is 1.37 bits per heavy atom. The molecule has 3 N–H and O–H groups in total. The smallest absolute Gasteiger partial charge is 0.191 e. The molecule has 3 atom stereocenters. The minimum atomic E-state index is -0.644. The van der Waals surface area contributed by atoms with Crippen LogP contribution in [0.5, 0.6) is 5.75 Å². The molecule has 0 spiro atoms. The molecule has 1 saturated heterocycles. The van der Waals surface area contributed by atoms with Gasteiger partial charge in [-0.1, -0.05) is 19.1 Å². The van der Waals surface area contributed by atoms with E-state index in [1.165, 1.54) is 0 Å². The molecule has 0 bridgehead atoms. The number of aliphatic hydroxyl groups is 1. The van der Waals surface area contributed by atoms with E-state index in [9.17, 15) is 5.11 Å². The molecule has 0 saturated carbocycles. The third-order valence-electron chi connectivity index (χ3n) is 4.93. The van der Waals surface area contributed by atoms with Crippen LogP contribution in [0, 0.1) is 12.8 Å². The monoisotopic (exact) mass is 376 g/mol. The zero-order valence-electron chi connectivity index (χ0n) is 17.4. The first-order valence-electron chi connectivity index (χ1n) is 10.1. The second kappa shape index (κ2) is 10.5. The van der Waals surface area contributed by atoms with E-state index in [0.717, 1.165) is 36.9 Å². The van der Waals surface area contributed by atoms with Crippen LogP contribution in [0.2, 0.25) is 0 Å². The van der Waals surface area contributed by atoms with Gasteiger partial charge < -0.3 is 20.5 Å². The number of hydrogen-bond acceptors (Lipinski definition) is 4. The minimum absolute atomic E-state index is 0.229. The molecule has 27 heavy (non-hydrogen) atoms. The van der Waals surface area contributed by atoms with Crippen molar-refractivity contribution in [2.75, 3.05) is 32.8 Å². The molecule has 3 unspecified atom stereocenters. The number of likely N-dealkylation sites (tertiary alicyclic amines) is 1. The van der Waals surface area contributed by atoms with E-state index in [0.29, 0.717) is 24.5 Å². The standard InChI is InChI=1S/C21H36N4O2/c1-6-22-21(24-20-13-25(15(2)3)12-17(20)5)23-11-18(26)14-27-19-9-7-8-16(4)10-19/h7-10,15,17-18,20,26H,6,11-14H2,1-5H3,(H2,22,23,24). The lowest BCUT2D eigenvalue weighted by molar-refractivity contribution is 0.114. The van der Waals surface area contributed by atoms with Crippen LogP contribution in [0.15, 0.2) is 29.3 Å². The van der Waals surface area contributed by atoms with Crippen LogP contribution < -0.4 is 15.4 Å². The van der Waals surface area contributed by atoms with Gasteiger partial charge in [-0.25, -0.2) is 0 Å². The zero-order chi connectivity index (χ0) is 19.8. The van der Waals surface area contributed by atoms with Crippen molar-refractivity contribution in [3.63, 3.8) is 0 Å². The summed E-state index contributed by atoms with van der Waals surface area (Å²) in [4.78, 5) is 7.04. The fourth-order valence-corrected chi connectivity index (χ4v) is 3.26. The summed E-state index contributed by atoms with van der Waals surface area (Å²) >= 11 is 0. The number of aliphatic hydroxyl groups excluding tert-OH is 1. The van der Waals surface area contributed by atoms with Crippen molar-refractivity contribution in [2.24, 2.45) is 10.9 Å². The Bertz CT molecular complexity index is 606. The Balaban J connectivity index is 1.85. The number of nitrogens with zero attached hydrogens (tertiary/aromatic N) is 2. The summed E-state index contributed by atoms with van der Waals surface area (Å²) in [5, 5.41) is 17.0. The normalized spacial score (nSPS) is 22.1. The van der Waals surface area contributed by atoms with E-state index in [-0.39, 0.29) is 6.61 Å². The first kappa shape index (κ1) is 21.5. The molecule has 1 aromatic rings. The lowest BCUT2D eigenvalue weighted by Crippen LogP contribution is -2.47.